The van der Waals surface area contributed by atoms with Crippen LogP contribution in [0.1, 0.15) is 36.7 Å². The quantitative estimate of drug-likeness (QED) is 0.838. The second-order valence-corrected chi connectivity index (χ2v) is 4.92. The Kier molecular flexibility index (Phi) is 4.68. The molecular weight excluding hydrogens is 244 g/mol. The molecule has 1 aromatic heterocycles. The maximum atomic E-state index is 10.8. The van der Waals surface area contributed by atoms with Crippen LogP contribution in [0.4, 0.5) is 5.82 Å². The van der Waals surface area contributed by atoms with E-state index in [0.717, 1.165) is 19.6 Å². The van der Waals surface area contributed by atoms with Crippen molar-refractivity contribution in [1.82, 2.24) is 14.9 Å². The highest BCUT2D eigenvalue weighted by Crippen LogP contribution is 2.12. The molecule has 1 atom stereocenters. The Morgan fingerprint density at radius 1 is 1.42 bits per heavy atom. The number of nitrogens with zero attached hydrogens (tertiary/aromatic N) is 3. The molecule has 0 spiro atoms. The Balaban J connectivity index is 1.87. The molecule has 1 fully saturated rings. The van der Waals surface area contributed by atoms with E-state index in [1.807, 2.05) is 0 Å². The van der Waals surface area contributed by atoms with Gasteiger partial charge in [0, 0.05) is 12.6 Å². The van der Waals surface area contributed by atoms with E-state index in [4.69, 9.17) is 5.11 Å². The van der Waals surface area contributed by atoms with Crippen molar-refractivity contribution in [3.05, 3.63) is 18.1 Å². The molecule has 0 amide bonds. The largest absolute Gasteiger partial charge is 0.476 e. The number of likely N-dealkylation sites (tertiary alicyclic amines) is 1. The third-order valence-corrected chi connectivity index (χ3v) is 3.45. The summed E-state index contributed by atoms with van der Waals surface area (Å²) in [5, 5.41) is 12.0. The standard InChI is InChI=1S/C13H20N4O2/c1-10(17-5-3-2-4-6-17)7-15-12-9-14-8-11(16-12)13(18)19/h8-10H,2-7H2,1H3,(H,15,16)(H,18,19). The summed E-state index contributed by atoms with van der Waals surface area (Å²) in [5.41, 5.74) is -0.0318. The van der Waals surface area contributed by atoms with Crippen LogP contribution in [-0.4, -0.2) is 51.6 Å². The molecule has 104 valence electrons. The highest BCUT2D eigenvalue weighted by molar-refractivity contribution is 5.85. The number of rotatable bonds is 5. The Hall–Kier alpha value is -1.69. The van der Waals surface area contributed by atoms with Gasteiger partial charge < -0.3 is 10.4 Å². The molecule has 1 aliphatic heterocycles. The number of hydrogen-bond acceptors (Lipinski definition) is 5. The van der Waals surface area contributed by atoms with E-state index >= 15 is 0 Å². The lowest BCUT2D eigenvalue weighted by molar-refractivity contribution is 0.0690. The van der Waals surface area contributed by atoms with Crippen LogP contribution in [0.15, 0.2) is 12.4 Å². The number of carbonyl (C=O) groups is 1. The SMILES string of the molecule is CC(CNc1cncc(C(=O)O)n1)N1CCCCC1. The van der Waals surface area contributed by atoms with E-state index < -0.39 is 5.97 Å². The molecule has 1 aromatic rings. The minimum atomic E-state index is -1.06. The zero-order chi connectivity index (χ0) is 13.7. The summed E-state index contributed by atoms with van der Waals surface area (Å²) in [6.45, 7) is 5.21. The number of aromatic nitrogens is 2. The van der Waals surface area contributed by atoms with Crippen molar-refractivity contribution < 1.29 is 9.90 Å². The topological polar surface area (TPSA) is 78.3 Å². The fourth-order valence-corrected chi connectivity index (χ4v) is 2.29. The van der Waals surface area contributed by atoms with Crippen LogP contribution in [0.2, 0.25) is 0 Å². The summed E-state index contributed by atoms with van der Waals surface area (Å²) < 4.78 is 0. The van der Waals surface area contributed by atoms with E-state index in [1.54, 1.807) is 6.20 Å². The van der Waals surface area contributed by atoms with Gasteiger partial charge in [0.2, 0.25) is 0 Å². The molecule has 0 saturated carbocycles. The predicted molar refractivity (Wildman–Crippen MR) is 72.4 cm³/mol. The van der Waals surface area contributed by atoms with Crippen molar-refractivity contribution in [3.63, 3.8) is 0 Å². The maximum absolute atomic E-state index is 10.8. The van der Waals surface area contributed by atoms with Crippen molar-refractivity contribution in [3.8, 4) is 0 Å². The summed E-state index contributed by atoms with van der Waals surface area (Å²) >= 11 is 0. The molecule has 1 saturated heterocycles. The van der Waals surface area contributed by atoms with Crippen LogP contribution in [0.25, 0.3) is 0 Å². The average molecular weight is 264 g/mol. The first kappa shape index (κ1) is 13.7. The second-order valence-electron chi connectivity index (χ2n) is 4.92. The van der Waals surface area contributed by atoms with Crippen molar-refractivity contribution in [2.24, 2.45) is 0 Å². The molecular formula is C13H20N4O2. The molecule has 2 N–H and O–H groups in total. The molecule has 2 rings (SSSR count). The monoisotopic (exact) mass is 264 g/mol. The van der Waals surface area contributed by atoms with Crippen molar-refractivity contribution in [1.29, 1.82) is 0 Å². The molecule has 2 heterocycles. The molecule has 19 heavy (non-hydrogen) atoms. The van der Waals surface area contributed by atoms with Gasteiger partial charge in [0.15, 0.2) is 5.69 Å². The fraction of sp³-hybridized carbons (Fsp3) is 0.615. The summed E-state index contributed by atoms with van der Waals surface area (Å²) in [6, 6.07) is 0.413. The Morgan fingerprint density at radius 2 is 2.16 bits per heavy atom. The Bertz CT molecular complexity index is 432. The second kappa shape index (κ2) is 6.47. The van der Waals surface area contributed by atoms with Crippen molar-refractivity contribution in [2.45, 2.75) is 32.2 Å². The van der Waals surface area contributed by atoms with Gasteiger partial charge in [0.25, 0.3) is 0 Å². The van der Waals surface area contributed by atoms with Gasteiger partial charge in [-0.3, -0.25) is 9.88 Å². The van der Waals surface area contributed by atoms with Gasteiger partial charge in [-0.15, -0.1) is 0 Å². The lowest BCUT2D eigenvalue weighted by atomic mass is 10.1. The van der Waals surface area contributed by atoms with Gasteiger partial charge in [0.1, 0.15) is 5.82 Å². The van der Waals surface area contributed by atoms with Crippen LogP contribution in [0.5, 0.6) is 0 Å². The van der Waals surface area contributed by atoms with Crippen LogP contribution in [-0.2, 0) is 0 Å². The van der Waals surface area contributed by atoms with E-state index in [0.29, 0.717) is 11.9 Å². The first-order valence-electron chi connectivity index (χ1n) is 6.70. The number of carboxylic acid groups (broad SMARTS) is 1. The van der Waals surface area contributed by atoms with Crippen LogP contribution < -0.4 is 5.32 Å². The van der Waals surface area contributed by atoms with E-state index in [-0.39, 0.29) is 5.69 Å². The van der Waals surface area contributed by atoms with Crippen LogP contribution in [0, 0.1) is 0 Å². The van der Waals surface area contributed by atoms with Gasteiger partial charge in [-0.2, -0.15) is 0 Å². The van der Waals surface area contributed by atoms with Crippen molar-refractivity contribution >= 4 is 11.8 Å². The maximum Gasteiger partial charge on any atom is 0.356 e. The summed E-state index contributed by atoms with van der Waals surface area (Å²) in [7, 11) is 0. The number of anilines is 1. The van der Waals surface area contributed by atoms with E-state index in [1.165, 1.54) is 25.5 Å². The Labute approximate surface area is 112 Å². The smallest absolute Gasteiger partial charge is 0.356 e. The predicted octanol–water partition coefficient (Wildman–Crippen LogP) is 1.46. The molecule has 0 aromatic carbocycles. The number of nitrogens with one attached hydrogen (secondary N) is 1. The molecule has 1 aliphatic rings. The van der Waals surface area contributed by atoms with E-state index in [9.17, 15) is 4.79 Å². The lowest BCUT2D eigenvalue weighted by Crippen LogP contribution is -2.41. The van der Waals surface area contributed by atoms with E-state index in [2.05, 4.69) is 27.1 Å². The first-order chi connectivity index (χ1) is 9.16. The molecule has 6 heteroatoms. The first-order valence-corrected chi connectivity index (χ1v) is 6.70. The fourth-order valence-electron chi connectivity index (χ4n) is 2.29. The number of aromatic carboxylic acids is 1. The number of carboxylic acids is 1. The number of piperidine rings is 1. The van der Waals surface area contributed by atoms with Crippen LogP contribution >= 0.6 is 0 Å². The van der Waals surface area contributed by atoms with Crippen molar-refractivity contribution in [2.75, 3.05) is 25.0 Å². The van der Waals surface area contributed by atoms with Gasteiger partial charge in [-0.05, 0) is 32.9 Å². The normalized spacial score (nSPS) is 17.9. The molecule has 0 aliphatic carbocycles. The summed E-state index contributed by atoms with van der Waals surface area (Å²) in [5.74, 6) is -0.538. The highest BCUT2D eigenvalue weighted by Gasteiger charge is 2.16. The highest BCUT2D eigenvalue weighted by atomic mass is 16.4. The molecule has 1 unspecified atom stereocenters. The molecule has 0 bridgehead atoms. The molecule has 0 radical (unpaired) electrons. The van der Waals surface area contributed by atoms with Gasteiger partial charge in [-0.25, -0.2) is 9.78 Å². The Morgan fingerprint density at radius 3 is 2.84 bits per heavy atom. The zero-order valence-electron chi connectivity index (χ0n) is 11.2. The molecule has 6 nitrogen and oxygen atoms in total. The average Bonchev–Trinajstić information content (AvgIpc) is 2.46. The zero-order valence-corrected chi connectivity index (χ0v) is 11.2. The third-order valence-electron chi connectivity index (χ3n) is 3.45. The summed E-state index contributed by atoms with van der Waals surface area (Å²) in [6.07, 6.45) is 6.65. The summed E-state index contributed by atoms with van der Waals surface area (Å²) in [4.78, 5) is 21.1. The minimum absolute atomic E-state index is 0.0318. The minimum Gasteiger partial charge on any atom is -0.476 e. The lowest BCUT2D eigenvalue weighted by Gasteiger charge is -2.32. The van der Waals surface area contributed by atoms with Gasteiger partial charge >= 0.3 is 5.97 Å². The van der Waals surface area contributed by atoms with Crippen LogP contribution in [0.3, 0.4) is 0 Å². The van der Waals surface area contributed by atoms with Gasteiger partial charge in [-0.1, -0.05) is 6.42 Å². The van der Waals surface area contributed by atoms with Gasteiger partial charge in [0.05, 0.1) is 12.4 Å². The third kappa shape index (κ3) is 3.89. The number of hydrogen-bond donors (Lipinski definition) is 2.